The van der Waals surface area contributed by atoms with Gasteiger partial charge in [0.1, 0.15) is 17.6 Å². The minimum Gasteiger partial charge on any atom is -0.339 e. The second-order valence-electron chi connectivity index (χ2n) is 6.78. The van der Waals surface area contributed by atoms with Crippen molar-refractivity contribution in [2.45, 2.75) is 45.6 Å². The zero-order valence-corrected chi connectivity index (χ0v) is 14.9. The van der Waals surface area contributed by atoms with Crippen LogP contribution < -0.4 is 5.32 Å². The Bertz CT molecular complexity index is 628. The number of rotatable bonds is 6. The van der Waals surface area contributed by atoms with Gasteiger partial charge in [0, 0.05) is 12.8 Å². The number of aliphatic imine (C=N–C) groups is 1. The van der Waals surface area contributed by atoms with Gasteiger partial charge in [0.15, 0.2) is 0 Å². The lowest BCUT2D eigenvalue weighted by molar-refractivity contribution is 0.104. The summed E-state index contributed by atoms with van der Waals surface area (Å²) in [6.45, 7) is 13.0. The van der Waals surface area contributed by atoms with Gasteiger partial charge < -0.3 is 5.32 Å². The second kappa shape index (κ2) is 8.07. The van der Waals surface area contributed by atoms with E-state index in [1.54, 1.807) is 18.3 Å². The molecule has 2 heterocycles. The first-order valence-corrected chi connectivity index (χ1v) is 8.59. The molecule has 2 atom stereocenters. The fourth-order valence-electron chi connectivity index (χ4n) is 3.00. The molecule has 1 saturated heterocycles. The summed E-state index contributed by atoms with van der Waals surface area (Å²) in [5.41, 5.74) is 1.12. The zero-order chi connectivity index (χ0) is 17.6. The fourth-order valence-corrected chi connectivity index (χ4v) is 3.00. The first-order valence-electron chi connectivity index (χ1n) is 8.59. The highest BCUT2D eigenvalue weighted by molar-refractivity contribution is 5.71. The topological polar surface area (TPSA) is 64.3 Å². The number of nitriles is 1. The molecule has 2 rings (SSSR count). The number of pyridine rings is 1. The lowest BCUT2D eigenvalue weighted by atomic mass is 9.91. The largest absolute Gasteiger partial charge is 0.339 e. The van der Waals surface area contributed by atoms with Crippen molar-refractivity contribution in [3.05, 3.63) is 36.4 Å². The van der Waals surface area contributed by atoms with Gasteiger partial charge in [-0.3, -0.25) is 4.90 Å². The van der Waals surface area contributed by atoms with E-state index < -0.39 is 0 Å². The van der Waals surface area contributed by atoms with Crippen LogP contribution in [0, 0.1) is 17.2 Å². The van der Waals surface area contributed by atoms with Gasteiger partial charge >= 0.3 is 0 Å². The molecule has 0 spiro atoms. The SMILES string of the molecule is C=C(N=CC(C)(CC)N1CCC[C@H](C)C1)Nc1ccc(C#N)nc1. The van der Waals surface area contributed by atoms with Crippen molar-refractivity contribution in [3.8, 4) is 6.07 Å². The smallest absolute Gasteiger partial charge is 0.140 e. The summed E-state index contributed by atoms with van der Waals surface area (Å²) in [5, 5.41) is 11.9. The van der Waals surface area contributed by atoms with Crippen LogP contribution in [0.3, 0.4) is 0 Å². The summed E-state index contributed by atoms with van der Waals surface area (Å²) in [5.74, 6) is 1.32. The maximum absolute atomic E-state index is 8.78. The Hall–Kier alpha value is -2.19. The Balaban J connectivity index is 2.00. The molecule has 0 aromatic carbocycles. The molecular formula is C19H27N5. The molecule has 0 saturated carbocycles. The molecule has 1 fully saturated rings. The van der Waals surface area contributed by atoms with E-state index in [0.29, 0.717) is 11.5 Å². The van der Waals surface area contributed by atoms with Crippen LogP contribution in [0.5, 0.6) is 0 Å². The van der Waals surface area contributed by atoms with Crippen LogP contribution in [-0.2, 0) is 0 Å². The number of anilines is 1. The van der Waals surface area contributed by atoms with E-state index in [1.807, 2.05) is 12.3 Å². The van der Waals surface area contributed by atoms with Crippen LogP contribution in [0.15, 0.2) is 35.7 Å². The van der Waals surface area contributed by atoms with Crippen molar-refractivity contribution in [1.29, 1.82) is 5.26 Å². The highest BCUT2D eigenvalue weighted by Gasteiger charge is 2.31. The molecule has 1 N–H and O–H groups in total. The first-order chi connectivity index (χ1) is 11.5. The van der Waals surface area contributed by atoms with Crippen molar-refractivity contribution in [2.24, 2.45) is 10.9 Å². The summed E-state index contributed by atoms with van der Waals surface area (Å²) in [6, 6.07) is 5.48. The summed E-state index contributed by atoms with van der Waals surface area (Å²) < 4.78 is 0. The predicted octanol–water partition coefficient (Wildman–Crippen LogP) is 3.81. The minimum absolute atomic E-state index is 0.0534. The lowest BCUT2D eigenvalue weighted by Crippen LogP contribution is -2.51. The molecule has 0 radical (unpaired) electrons. The maximum atomic E-state index is 8.78. The van der Waals surface area contributed by atoms with Crippen molar-refractivity contribution in [2.75, 3.05) is 18.4 Å². The first kappa shape index (κ1) is 18.2. The summed E-state index contributed by atoms with van der Waals surface area (Å²) in [4.78, 5) is 11.1. The van der Waals surface area contributed by atoms with Crippen molar-refractivity contribution >= 4 is 11.9 Å². The van der Waals surface area contributed by atoms with Crippen LogP contribution in [0.4, 0.5) is 5.69 Å². The quantitative estimate of drug-likeness (QED) is 0.808. The van der Waals surface area contributed by atoms with Gasteiger partial charge in [0.25, 0.3) is 0 Å². The van der Waals surface area contributed by atoms with E-state index >= 15 is 0 Å². The monoisotopic (exact) mass is 325 g/mol. The summed E-state index contributed by atoms with van der Waals surface area (Å²) in [6.07, 6.45) is 7.20. The number of hydrogen-bond donors (Lipinski definition) is 1. The molecule has 0 aliphatic carbocycles. The standard InChI is InChI=1S/C19H27N5/c1-5-19(4,24-10-6-7-15(2)13-24)14-22-16(3)23-18-9-8-17(11-20)21-12-18/h8-9,12,14-15,23H,3,5-7,10,13H2,1-2,4H3/t15-,19?/m0/s1. The molecule has 1 aromatic rings. The molecule has 1 aliphatic heterocycles. The van der Waals surface area contributed by atoms with Crippen molar-refractivity contribution < 1.29 is 0 Å². The molecule has 0 bridgehead atoms. The minimum atomic E-state index is -0.0534. The molecule has 1 aromatic heterocycles. The Morgan fingerprint density at radius 3 is 3.00 bits per heavy atom. The molecular weight excluding hydrogens is 298 g/mol. The Morgan fingerprint density at radius 2 is 2.42 bits per heavy atom. The zero-order valence-electron chi connectivity index (χ0n) is 14.9. The number of aromatic nitrogens is 1. The molecule has 5 heteroatoms. The number of hydrogen-bond acceptors (Lipinski definition) is 5. The highest BCUT2D eigenvalue weighted by atomic mass is 15.2. The van der Waals surface area contributed by atoms with Gasteiger partial charge in [-0.15, -0.1) is 0 Å². The second-order valence-corrected chi connectivity index (χ2v) is 6.78. The molecule has 5 nitrogen and oxygen atoms in total. The molecule has 24 heavy (non-hydrogen) atoms. The number of piperidine rings is 1. The molecule has 128 valence electrons. The van der Waals surface area contributed by atoms with Crippen LogP contribution in [0.25, 0.3) is 0 Å². The van der Waals surface area contributed by atoms with Gasteiger partial charge in [0.05, 0.1) is 17.4 Å². The Kier molecular flexibility index (Phi) is 6.10. The van der Waals surface area contributed by atoms with Crippen LogP contribution in [0.1, 0.15) is 45.7 Å². The summed E-state index contributed by atoms with van der Waals surface area (Å²) in [7, 11) is 0. The van der Waals surface area contributed by atoms with E-state index in [2.05, 4.69) is 47.5 Å². The van der Waals surface area contributed by atoms with Crippen LogP contribution >= 0.6 is 0 Å². The number of nitrogens with one attached hydrogen (secondary N) is 1. The number of nitrogens with zero attached hydrogens (tertiary/aromatic N) is 4. The third-order valence-corrected chi connectivity index (χ3v) is 4.76. The predicted molar refractivity (Wildman–Crippen MR) is 98.9 cm³/mol. The average Bonchev–Trinajstić information content (AvgIpc) is 2.60. The molecule has 1 aliphatic rings. The Morgan fingerprint density at radius 1 is 1.62 bits per heavy atom. The van der Waals surface area contributed by atoms with Crippen molar-refractivity contribution in [3.63, 3.8) is 0 Å². The molecule has 0 amide bonds. The van der Waals surface area contributed by atoms with E-state index in [0.717, 1.165) is 31.1 Å². The lowest BCUT2D eigenvalue weighted by Gasteiger charge is -2.42. The normalized spacial score (nSPS) is 21.2. The Labute approximate surface area is 145 Å². The average molecular weight is 325 g/mol. The van der Waals surface area contributed by atoms with Crippen LogP contribution in [0.2, 0.25) is 0 Å². The fraction of sp³-hybridized carbons (Fsp3) is 0.526. The maximum Gasteiger partial charge on any atom is 0.140 e. The number of likely N-dealkylation sites (tertiary alicyclic amines) is 1. The van der Waals surface area contributed by atoms with Crippen molar-refractivity contribution in [1.82, 2.24) is 9.88 Å². The third-order valence-electron chi connectivity index (χ3n) is 4.76. The third kappa shape index (κ3) is 4.65. The summed E-state index contributed by atoms with van der Waals surface area (Å²) >= 11 is 0. The highest BCUT2D eigenvalue weighted by Crippen LogP contribution is 2.25. The van der Waals surface area contributed by atoms with Gasteiger partial charge in [0.2, 0.25) is 0 Å². The van der Waals surface area contributed by atoms with E-state index in [-0.39, 0.29) is 5.54 Å². The van der Waals surface area contributed by atoms with Gasteiger partial charge in [-0.2, -0.15) is 5.26 Å². The van der Waals surface area contributed by atoms with E-state index in [1.165, 1.54) is 12.8 Å². The van der Waals surface area contributed by atoms with E-state index in [4.69, 9.17) is 5.26 Å². The van der Waals surface area contributed by atoms with E-state index in [9.17, 15) is 0 Å². The van der Waals surface area contributed by atoms with Gasteiger partial charge in [-0.05, 0) is 50.8 Å². The van der Waals surface area contributed by atoms with Gasteiger partial charge in [-0.25, -0.2) is 9.98 Å². The van der Waals surface area contributed by atoms with Crippen LogP contribution in [-0.4, -0.2) is 34.7 Å². The molecule has 1 unspecified atom stereocenters. The van der Waals surface area contributed by atoms with Gasteiger partial charge in [-0.1, -0.05) is 20.4 Å².